The molecule has 5 nitrogen and oxygen atoms in total. The third kappa shape index (κ3) is 2.91. The van der Waals surface area contributed by atoms with Gasteiger partial charge in [0.05, 0.1) is 7.11 Å². The van der Waals surface area contributed by atoms with Crippen LogP contribution >= 0.6 is 11.3 Å². The number of allylic oxidation sites excluding steroid dienone is 2. The molecule has 0 fully saturated rings. The quantitative estimate of drug-likeness (QED) is 0.696. The number of nitrogens with zero attached hydrogens (tertiary/aromatic N) is 1. The summed E-state index contributed by atoms with van der Waals surface area (Å²) in [6.07, 6.45) is 1.20. The molecule has 0 spiro atoms. The average molecular weight is 363 g/mol. The standard InChI is InChI=1S/C20H13NO4S/c1-24-13-7-9-14(10-8-13)25-16-11-15(22)17-19(18(16)23)26-20(21-17)12-5-3-2-4-6-12/h2-11H,1H3. The highest BCUT2D eigenvalue weighted by atomic mass is 32.1. The molecule has 0 saturated carbocycles. The second-order valence-electron chi connectivity index (χ2n) is 5.54. The molecule has 0 N–H and O–H groups in total. The van der Waals surface area contributed by atoms with Gasteiger partial charge in [0.1, 0.15) is 27.1 Å². The first-order valence-corrected chi connectivity index (χ1v) is 8.66. The van der Waals surface area contributed by atoms with E-state index in [4.69, 9.17) is 9.47 Å². The molecule has 1 heterocycles. The first kappa shape index (κ1) is 16.2. The van der Waals surface area contributed by atoms with Gasteiger partial charge in [0.15, 0.2) is 5.76 Å². The van der Waals surface area contributed by atoms with Gasteiger partial charge in [0.2, 0.25) is 11.6 Å². The van der Waals surface area contributed by atoms with Crippen LogP contribution in [0.3, 0.4) is 0 Å². The maximum atomic E-state index is 12.7. The van der Waals surface area contributed by atoms with E-state index in [1.54, 1.807) is 31.4 Å². The number of carbonyl (C=O) groups is 2. The van der Waals surface area contributed by atoms with Gasteiger partial charge >= 0.3 is 0 Å². The number of benzene rings is 2. The Morgan fingerprint density at radius 3 is 2.31 bits per heavy atom. The molecule has 1 aromatic heterocycles. The van der Waals surface area contributed by atoms with Crippen molar-refractivity contribution in [2.24, 2.45) is 0 Å². The van der Waals surface area contributed by atoms with Crippen molar-refractivity contribution in [2.45, 2.75) is 0 Å². The van der Waals surface area contributed by atoms with Crippen LogP contribution in [0.2, 0.25) is 0 Å². The number of hydrogen-bond acceptors (Lipinski definition) is 6. The lowest BCUT2D eigenvalue weighted by Crippen LogP contribution is -2.18. The number of fused-ring (bicyclic) bond motifs is 1. The molecule has 6 heteroatoms. The van der Waals surface area contributed by atoms with Crippen molar-refractivity contribution in [1.82, 2.24) is 4.98 Å². The summed E-state index contributed by atoms with van der Waals surface area (Å²) in [5.74, 6) is 0.455. The number of hydrogen-bond donors (Lipinski definition) is 0. The lowest BCUT2D eigenvalue weighted by molar-refractivity contribution is 0.0948. The second-order valence-corrected chi connectivity index (χ2v) is 6.54. The summed E-state index contributed by atoms with van der Waals surface area (Å²) < 4.78 is 10.7. The van der Waals surface area contributed by atoms with Crippen molar-refractivity contribution in [3.8, 4) is 22.1 Å². The molecule has 2 aromatic carbocycles. The van der Waals surface area contributed by atoms with Gasteiger partial charge < -0.3 is 9.47 Å². The molecule has 4 rings (SSSR count). The van der Waals surface area contributed by atoms with E-state index in [0.717, 1.165) is 5.56 Å². The van der Waals surface area contributed by atoms with Gasteiger partial charge in [0, 0.05) is 11.6 Å². The number of ketones is 2. The van der Waals surface area contributed by atoms with Crippen LogP contribution < -0.4 is 9.47 Å². The fourth-order valence-corrected chi connectivity index (χ4v) is 3.58. The van der Waals surface area contributed by atoms with Crippen LogP contribution in [0.4, 0.5) is 0 Å². The molecular weight excluding hydrogens is 350 g/mol. The van der Waals surface area contributed by atoms with E-state index in [0.29, 0.717) is 21.4 Å². The van der Waals surface area contributed by atoms with Crippen molar-refractivity contribution in [1.29, 1.82) is 0 Å². The number of methoxy groups -OCH3 is 1. The Hall–Kier alpha value is -3.25. The third-order valence-corrected chi connectivity index (χ3v) is 4.96. The van der Waals surface area contributed by atoms with Crippen molar-refractivity contribution >= 4 is 22.9 Å². The minimum atomic E-state index is -0.338. The van der Waals surface area contributed by atoms with Gasteiger partial charge in [-0.2, -0.15) is 0 Å². The van der Waals surface area contributed by atoms with E-state index in [2.05, 4.69) is 4.98 Å². The topological polar surface area (TPSA) is 65.5 Å². The average Bonchev–Trinajstić information content (AvgIpc) is 3.14. The zero-order chi connectivity index (χ0) is 18.1. The maximum absolute atomic E-state index is 12.7. The fourth-order valence-electron chi connectivity index (χ4n) is 2.56. The normalized spacial score (nSPS) is 13.2. The summed E-state index contributed by atoms with van der Waals surface area (Å²) in [5.41, 5.74) is 1.05. The summed E-state index contributed by atoms with van der Waals surface area (Å²) in [4.78, 5) is 29.8. The molecule has 0 radical (unpaired) electrons. The SMILES string of the molecule is COc1ccc(OC2=CC(=O)c3nc(-c4ccccc4)sc3C2=O)cc1. The molecule has 3 aromatic rings. The highest BCUT2D eigenvalue weighted by Gasteiger charge is 2.31. The van der Waals surface area contributed by atoms with E-state index in [9.17, 15) is 9.59 Å². The second kappa shape index (κ2) is 6.57. The maximum Gasteiger partial charge on any atom is 0.240 e. The Bertz CT molecular complexity index is 1020. The van der Waals surface area contributed by atoms with Crippen LogP contribution in [0.15, 0.2) is 66.4 Å². The van der Waals surface area contributed by atoms with Gasteiger partial charge in [-0.1, -0.05) is 30.3 Å². The fraction of sp³-hybridized carbons (Fsp3) is 0.0500. The number of carbonyl (C=O) groups excluding carboxylic acids is 2. The molecule has 0 unspecified atom stereocenters. The summed E-state index contributed by atoms with van der Waals surface area (Å²) >= 11 is 1.20. The highest BCUT2D eigenvalue weighted by molar-refractivity contribution is 7.17. The van der Waals surface area contributed by atoms with Crippen LogP contribution in [0.1, 0.15) is 20.2 Å². The Kier molecular flexibility index (Phi) is 4.10. The molecular formula is C20H13NO4S. The first-order valence-electron chi connectivity index (χ1n) is 7.84. The summed E-state index contributed by atoms with van der Waals surface area (Å²) in [7, 11) is 1.57. The van der Waals surface area contributed by atoms with E-state index in [1.165, 1.54) is 17.4 Å². The van der Waals surface area contributed by atoms with Crippen molar-refractivity contribution in [2.75, 3.05) is 7.11 Å². The molecule has 0 bridgehead atoms. The van der Waals surface area contributed by atoms with E-state index in [1.807, 2.05) is 30.3 Å². The number of ether oxygens (including phenoxy) is 2. The van der Waals surface area contributed by atoms with Gasteiger partial charge in [-0.15, -0.1) is 11.3 Å². The van der Waals surface area contributed by atoms with E-state index < -0.39 is 0 Å². The summed E-state index contributed by atoms with van der Waals surface area (Å²) in [5, 5.41) is 0.636. The van der Waals surface area contributed by atoms with Gasteiger partial charge in [-0.25, -0.2) is 4.98 Å². The Balaban J connectivity index is 1.64. The van der Waals surface area contributed by atoms with Gasteiger partial charge in [-0.05, 0) is 24.3 Å². The highest BCUT2D eigenvalue weighted by Crippen LogP contribution is 2.33. The predicted octanol–water partition coefficient (Wildman–Crippen LogP) is 4.16. The van der Waals surface area contributed by atoms with Crippen LogP contribution in [-0.4, -0.2) is 23.7 Å². The molecule has 1 aliphatic carbocycles. The summed E-state index contributed by atoms with van der Waals surface area (Å²) in [6, 6.07) is 16.2. The van der Waals surface area contributed by atoms with Crippen LogP contribution in [-0.2, 0) is 0 Å². The lowest BCUT2D eigenvalue weighted by Gasteiger charge is -2.12. The monoisotopic (exact) mass is 363 g/mol. The Morgan fingerprint density at radius 1 is 0.923 bits per heavy atom. The van der Waals surface area contributed by atoms with Crippen LogP contribution in [0.5, 0.6) is 11.5 Å². The summed E-state index contributed by atoms with van der Waals surface area (Å²) in [6.45, 7) is 0. The number of Topliss-reactive ketones (excluding diaryl/α,β-unsaturated/α-hetero) is 1. The zero-order valence-electron chi connectivity index (χ0n) is 13.8. The first-order chi connectivity index (χ1) is 12.7. The molecule has 1 aliphatic rings. The van der Waals surface area contributed by atoms with Gasteiger partial charge in [0.25, 0.3) is 0 Å². The minimum absolute atomic E-state index is 0.00377. The van der Waals surface area contributed by atoms with Crippen molar-refractivity contribution in [3.05, 3.63) is 77.0 Å². The molecule has 0 aliphatic heterocycles. The molecule has 0 saturated heterocycles. The lowest BCUT2D eigenvalue weighted by atomic mass is 10.1. The molecule has 26 heavy (non-hydrogen) atoms. The number of thiazole rings is 1. The van der Waals surface area contributed by atoms with E-state index >= 15 is 0 Å². The third-order valence-electron chi connectivity index (χ3n) is 3.86. The van der Waals surface area contributed by atoms with Crippen LogP contribution in [0, 0.1) is 0 Å². The Morgan fingerprint density at radius 2 is 1.62 bits per heavy atom. The largest absolute Gasteiger partial charge is 0.497 e. The Labute approximate surface area is 153 Å². The minimum Gasteiger partial charge on any atom is -0.497 e. The molecule has 0 atom stereocenters. The van der Waals surface area contributed by atoms with Crippen molar-refractivity contribution in [3.63, 3.8) is 0 Å². The van der Waals surface area contributed by atoms with Crippen LogP contribution in [0.25, 0.3) is 10.6 Å². The van der Waals surface area contributed by atoms with Gasteiger partial charge in [-0.3, -0.25) is 9.59 Å². The number of rotatable bonds is 4. The number of aromatic nitrogens is 1. The van der Waals surface area contributed by atoms with E-state index in [-0.39, 0.29) is 23.0 Å². The molecule has 128 valence electrons. The zero-order valence-corrected chi connectivity index (χ0v) is 14.6. The molecule has 0 amide bonds. The smallest absolute Gasteiger partial charge is 0.240 e. The van der Waals surface area contributed by atoms with Crippen molar-refractivity contribution < 1.29 is 19.1 Å². The predicted molar refractivity (Wildman–Crippen MR) is 97.9 cm³/mol.